The zero-order chi connectivity index (χ0) is 18.4. The second kappa shape index (κ2) is 8.81. The van der Waals surface area contributed by atoms with Gasteiger partial charge in [0.1, 0.15) is 5.82 Å². The Hall–Kier alpha value is -1.39. The normalized spacial score (nSPS) is 12.5. The Morgan fingerprint density at radius 2 is 1.56 bits per heavy atom. The maximum atomic E-state index is 6.62. The number of aryl methyl sites for hydroxylation is 1. The van der Waals surface area contributed by atoms with Crippen molar-refractivity contribution in [2.45, 2.75) is 71.0 Å². The van der Waals surface area contributed by atoms with Gasteiger partial charge in [-0.05, 0) is 23.0 Å². The Labute approximate surface area is 154 Å². The molecule has 0 amide bonds. The number of nitrogens with one attached hydrogen (secondary N) is 1. The third kappa shape index (κ3) is 4.62. The molecule has 1 heterocycles. The van der Waals surface area contributed by atoms with Crippen molar-refractivity contribution in [1.29, 1.82) is 0 Å². The summed E-state index contributed by atoms with van der Waals surface area (Å²) in [4.78, 5) is 8.03. The van der Waals surface area contributed by atoms with Crippen LogP contribution in [0.2, 0.25) is 16.6 Å². The Bertz CT molecular complexity index is 613. The van der Waals surface area contributed by atoms with Crippen molar-refractivity contribution < 1.29 is 4.43 Å². The van der Waals surface area contributed by atoms with Gasteiger partial charge in [0.05, 0.1) is 5.69 Å². The van der Waals surface area contributed by atoms with Crippen molar-refractivity contribution in [2.24, 2.45) is 0 Å². The molecule has 0 fully saturated rings. The van der Waals surface area contributed by atoms with Gasteiger partial charge in [0.2, 0.25) is 0 Å². The molecule has 0 bridgehead atoms. The van der Waals surface area contributed by atoms with E-state index in [0.717, 1.165) is 36.5 Å². The van der Waals surface area contributed by atoms with E-state index < -0.39 is 8.32 Å². The molecule has 25 heavy (non-hydrogen) atoms. The summed E-state index contributed by atoms with van der Waals surface area (Å²) in [6.45, 7) is 14.9. The highest BCUT2D eigenvalue weighted by molar-refractivity contribution is 6.77. The van der Waals surface area contributed by atoms with Crippen LogP contribution in [0.25, 0.3) is 11.3 Å². The molecule has 2 aromatic rings. The van der Waals surface area contributed by atoms with E-state index >= 15 is 0 Å². The van der Waals surface area contributed by atoms with Crippen molar-refractivity contribution >= 4 is 8.32 Å². The standard InChI is InChI=1S/C21H34N2OSi/c1-16(2)25(17(3)4,18(5)6)24-14-10-13-21-22-15-20(23-21)19-11-8-7-9-12-19/h7-9,11-12,15-18H,10,13-14H2,1-6H3,(H,22,23). The first kappa shape index (κ1) is 19.9. The van der Waals surface area contributed by atoms with Gasteiger partial charge in [-0.2, -0.15) is 0 Å². The molecule has 0 saturated heterocycles. The van der Waals surface area contributed by atoms with Gasteiger partial charge < -0.3 is 9.41 Å². The summed E-state index contributed by atoms with van der Waals surface area (Å²) < 4.78 is 6.62. The summed E-state index contributed by atoms with van der Waals surface area (Å²) in [5.74, 6) is 1.05. The quantitative estimate of drug-likeness (QED) is 0.428. The van der Waals surface area contributed by atoms with Crippen LogP contribution in [0.3, 0.4) is 0 Å². The van der Waals surface area contributed by atoms with E-state index in [4.69, 9.17) is 9.41 Å². The first-order chi connectivity index (χ1) is 11.9. The zero-order valence-corrected chi connectivity index (χ0v) is 17.7. The fourth-order valence-corrected chi connectivity index (χ4v) is 9.73. The molecular weight excluding hydrogens is 324 g/mol. The summed E-state index contributed by atoms with van der Waals surface area (Å²) in [7, 11) is -1.74. The van der Waals surface area contributed by atoms with Crippen molar-refractivity contribution in [3.8, 4) is 11.3 Å². The fourth-order valence-electron chi connectivity index (χ4n) is 4.24. The third-order valence-electron chi connectivity index (χ3n) is 5.32. The molecule has 0 aliphatic carbocycles. The highest BCUT2D eigenvalue weighted by atomic mass is 28.4. The Balaban J connectivity index is 1.91. The molecule has 1 N–H and O–H groups in total. The molecule has 3 nitrogen and oxygen atoms in total. The van der Waals surface area contributed by atoms with Gasteiger partial charge in [-0.15, -0.1) is 0 Å². The molecule has 4 heteroatoms. The number of nitrogens with zero attached hydrogens (tertiary/aromatic N) is 1. The second-order valence-corrected chi connectivity index (χ2v) is 13.3. The van der Waals surface area contributed by atoms with Crippen LogP contribution in [-0.4, -0.2) is 24.9 Å². The highest BCUT2D eigenvalue weighted by Crippen LogP contribution is 2.42. The lowest BCUT2D eigenvalue weighted by atomic mass is 10.2. The number of hydrogen-bond acceptors (Lipinski definition) is 2. The molecule has 0 aliphatic rings. The SMILES string of the molecule is CC(C)[Si](OCCCc1nc(-c2ccccc2)c[nH]1)(C(C)C)C(C)C. The lowest BCUT2D eigenvalue weighted by Crippen LogP contribution is -2.48. The van der Waals surface area contributed by atoms with E-state index in [1.54, 1.807) is 0 Å². The minimum Gasteiger partial charge on any atom is -0.416 e. The Morgan fingerprint density at radius 1 is 0.960 bits per heavy atom. The number of benzene rings is 1. The molecule has 138 valence electrons. The number of H-pyrrole nitrogens is 1. The third-order valence-corrected chi connectivity index (χ3v) is 11.4. The number of rotatable bonds is 9. The van der Waals surface area contributed by atoms with Crippen LogP contribution in [0.4, 0.5) is 0 Å². The summed E-state index contributed by atoms with van der Waals surface area (Å²) >= 11 is 0. The number of aromatic amines is 1. The molecular formula is C21H34N2OSi. The van der Waals surface area contributed by atoms with E-state index in [1.165, 1.54) is 0 Å². The van der Waals surface area contributed by atoms with Crippen molar-refractivity contribution in [1.82, 2.24) is 9.97 Å². The van der Waals surface area contributed by atoms with Gasteiger partial charge in [-0.1, -0.05) is 71.9 Å². The van der Waals surface area contributed by atoms with Gasteiger partial charge in [0, 0.05) is 24.8 Å². The first-order valence-electron chi connectivity index (χ1n) is 9.61. The van der Waals surface area contributed by atoms with Crippen LogP contribution in [0.15, 0.2) is 36.5 Å². The number of aromatic nitrogens is 2. The minimum absolute atomic E-state index is 0.640. The molecule has 0 atom stereocenters. The summed E-state index contributed by atoms with van der Waals surface area (Å²) in [6, 6.07) is 10.3. The Morgan fingerprint density at radius 3 is 2.12 bits per heavy atom. The predicted octanol–water partition coefficient (Wildman–Crippen LogP) is 6.20. The Kier molecular flexibility index (Phi) is 7.02. The molecule has 0 saturated carbocycles. The smallest absolute Gasteiger partial charge is 0.200 e. The van der Waals surface area contributed by atoms with Gasteiger partial charge in [-0.3, -0.25) is 0 Å². The van der Waals surface area contributed by atoms with Gasteiger partial charge >= 0.3 is 0 Å². The molecule has 0 spiro atoms. The average molecular weight is 359 g/mol. The average Bonchev–Trinajstić information content (AvgIpc) is 3.03. The lowest BCUT2D eigenvalue weighted by Gasteiger charge is -2.42. The monoisotopic (exact) mass is 358 g/mol. The highest BCUT2D eigenvalue weighted by Gasteiger charge is 2.44. The van der Waals surface area contributed by atoms with Crippen LogP contribution in [0.5, 0.6) is 0 Å². The molecule has 1 aromatic heterocycles. The zero-order valence-electron chi connectivity index (χ0n) is 16.7. The largest absolute Gasteiger partial charge is 0.416 e. The summed E-state index contributed by atoms with van der Waals surface area (Å²) in [5, 5.41) is 0. The second-order valence-electron chi connectivity index (χ2n) is 7.87. The van der Waals surface area contributed by atoms with Crippen LogP contribution >= 0.6 is 0 Å². The van der Waals surface area contributed by atoms with E-state index in [2.05, 4.69) is 58.7 Å². The topological polar surface area (TPSA) is 37.9 Å². The van der Waals surface area contributed by atoms with Crippen molar-refractivity contribution in [2.75, 3.05) is 6.61 Å². The van der Waals surface area contributed by atoms with Crippen molar-refractivity contribution in [3.63, 3.8) is 0 Å². The molecule has 0 aliphatic heterocycles. The molecule has 2 rings (SSSR count). The van der Waals surface area contributed by atoms with Gasteiger partial charge in [-0.25, -0.2) is 4.98 Å². The molecule has 0 radical (unpaired) electrons. The minimum atomic E-state index is -1.74. The van der Waals surface area contributed by atoms with Crippen LogP contribution in [0, 0.1) is 0 Å². The van der Waals surface area contributed by atoms with Crippen molar-refractivity contribution in [3.05, 3.63) is 42.4 Å². The summed E-state index contributed by atoms with van der Waals surface area (Å²) in [6.07, 6.45) is 3.95. The van der Waals surface area contributed by atoms with Gasteiger partial charge in [0.15, 0.2) is 8.32 Å². The van der Waals surface area contributed by atoms with Crippen LogP contribution in [-0.2, 0) is 10.8 Å². The maximum Gasteiger partial charge on any atom is 0.200 e. The van der Waals surface area contributed by atoms with E-state index in [-0.39, 0.29) is 0 Å². The van der Waals surface area contributed by atoms with Gasteiger partial charge in [0.25, 0.3) is 0 Å². The van der Waals surface area contributed by atoms with E-state index in [0.29, 0.717) is 16.6 Å². The van der Waals surface area contributed by atoms with Crippen LogP contribution in [0.1, 0.15) is 53.8 Å². The van der Waals surface area contributed by atoms with E-state index in [1.807, 2.05) is 24.4 Å². The molecule has 0 unspecified atom stereocenters. The predicted molar refractivity (Wildman–Crippen MR) is 109 cm³/mol. The van der Waals surface area contributed by atoms with Crippen LogP contribution < -0.4 is 0 Å². The molecule has 1 aromatic carbocycles. The van der Waals surface area contributed by atoms with E-state index in [9.17, 15) is 0 Å². The number of hydrogen-bond donors (Lipinski definition) is 1. The maximum absolute atomic E-state index is 6.62. The fraction of sp³-hybridized carbons (Fsp3) is 0.571. The lowest BCUT2D eigenvalue weighted by molar-refractivity contribution is 0.272. The number of imidazole rings is 1. The summed E-state index contributed by atoms with van der Waals surface area (Å²) in [5.41, 5.74) is 4.10. The first-order valence-corrected chi connectivity index (χ1v) is 11.8.